The molecule has 1 atom stereocenters. The van der Waals surface area contributed by atoms with Crippen LogP contribution in [0.25, 0.3) is 0 Å². The third-order valence-corrected chi connectivity index (χ3v) is 3.18. The van der Waals surface area contributed by atoms with Crippen molar-refractivity contribution in [1.82, 2.24) is 0 Å². The summed E-state index contributed by atoms with van der Waals surface area (Å²) in [5, 5.41) is 19.2. The number of carbonyl (C=O) groups is 1. The van der Waals surface area contributed by atoms with E-state index < -0.39 is 11.9 Å². The molecule has 0 saturated heterocycles. The van der Waals surface area contributed by atoms with E-state index in [-0.39, 0.29) is 5.75 Å². The molecule has 2 rings (SSSR count). The summed E-state index contributed by atoms with van der Waals surface area (Å²) in [7, 11) is 0. The number of aliphatic carboxylic acids is 1. The molecule has 2 N–H and O–H groups in total. The number of carboxylic acids is 1. The molecule has 2 aromatic carbocycles. The average Bonchev–Trinajstić information content (AvgIpc) is 2.33. The van der Waals surface area contributed by atoms with Gasteiger partial charge in [-0.2, -0.15) is 0 Å². The van der Waals surface area contributed by atoms with Gasteiger partial charge in [0.25, 0.3) is 0 Å². The van der Waals surface area contributed by atoms with Crippen molar-refractivity contribution in [2.24, 2.45) is 0 Å². The van der Waals surface area contributed by atoms with E-state index in [1.165, 1.54) is 6.07 Å². The number of hydrogen-bond donors (Lipinski definition) is 2. The molecule has 0 unspecified atom stereocenters. The van der Waals surface area contributed by atoms with Crippen molar-refractivity contribution in [2.45, 2.75) is 5.92 Å². The summed E-state index contributed by atoms with van der Waals surface area (Å²) >= 11 is 3.23. The van der Waals surface area contributed by atoms with Crippen molar-refractivity contribution < 1.29 is 15.0 Å². The van der Waals surface area contributed by atoms with Gasteiger partial charge in [-0.1, -0.05) is 52.3 Å². The summed E-state index contributed by atoms with van der Waals surface area (Å²) in [6, 6.07) is 13.7. The van der Waals surface area contributed by atoms with E-state index in [1.54, 1.807) is 36.4 Å². The van der Waals surface area contributed by atoms with Gasteiger partial charge in [-0.25, -0.2) is 0 Å². The lowest BCUT2D eigenvalue weighted by Crippen LogP contribution is -2.13. The van der Waals surface area contributed by atoms with Crippen LogP contribution in [0.1, 0.15) is 17.0 Å². The molecule has 0 aromatic heterocycles. The highest BCUT2D eigenvalue weighted by molar-refractivity contribution is 9.10. The van der Waals surface area contributed by atoms with E-state index in [1.807, 2.05) is 6.07 Å². The molecule has 0 saturated carbocycles. The van der Waals surface area contributed by atoms with Gasteiger partial charge in [0.05, 0.1) is 0 Å². The summed E-state index contributed by atoms with van der Waals surface area (Å²) in [5.41, 5.74) is 1.03. The van der Waals surface area contributed by atoms with Crippen LogP contribution in [0.15, 0.2) is 53.0 Å². The van der Waals surface area contributed by atoms with Crippen LogP contribution in [0.5, 0.6) is 5.75 Å². The Labute approximate surface area is 113 Å². The fourth-order valence-corrected chi connectivity index (χ4v) is 2.21. The van der Waals surface area contributed by atoms with Crippen molar-refractivity contribution in [3.8, 4) is 5.75 Å². The first kappa shape index (κ1) is 12.6. The summed E-state index contributed by atoms with van der Waals surface area (Å²) in [5.74, 6) is -1.88. The molecule has 3 nitrogen and oxygen atoms in total. The van der Waals surface area contributed by atoms with Gasteiger partial charge in [0.1, 0.15) is 11.7 Å². The third-order valence-electron chi connectivity index (χ3n) is 2.68. The topological polar surface area (TPSA) is 57.5 Å². The SMILES string of the molecule is O=C(O)[C@H](c1ccccc1)c1ccc(Br)cc1O. The van der Waals surface area contributed by atoms with Crippen molar-refractivity contribution in [2.75, 3.05) is 0 Å². The number of rotatable bonds is 3. The van der Waals surface area contributed by atoms with E-state index in [0.717, 1.165) is 0 Å². The number of benzene rings is 2. The zero-order valence-electron chi connectivity index (χ0n) is 9.38. The van der Waals surface area contributed by atoms with Crippen molar-refractivity contribution >= 4 is 21.9 Å². The van der Waals surface area contributed by atoms with Crippen molar-refractivity contribution in [1.29, 1.82) is 0 Å². The Hall–Kier alpha value is -1.81. The van der Waals surface area contributed by atoms with Gasteiger partial charge < -0.3 is 10.2 Å². The average molecular weight is 307 g/mol. The molecular formula is C14H11BrO3. The second-order valence-electron chi connectivity index (χ2n) is 3.89. The molecule has 0 heterocycles. The molecule has 92 valence electrons. The Morgan fingerprint density at radius 2 is 1.78 bits per heavy atom. The maximum Gasteiger partial charge on any atom is 0.315 e. The first-order valence-corrected chi connectivity index (χ1v) is 6.15. The van der Waals surface area contributed by atoms with Gasteiger partial charge in [-0.05, 0) is 17.7 Å². The monoisotopic (exact) mass is 306 g/mol. The van der Waals surface area contributed by atoms with E-state index >= 15 is 0 Å². The van der Waals surface area contributed by atoms with Crippen LogP contribution in [0.2, 0.25) is 0 Å². The van der Waals surface area contributed by atoms with Gasteiger partial charge in [-0.3, -0.25) is 4.79 Å². The summed E-state index contributed by atoms with van der Waals surface area (Å²) in [4.78, 5) is 11.4. The molecule has 0 aliphatic rings. The predicted molar refractivity (Wildman–Crippen MR) is 71.7 cm³/mol. The molecule has 0 fully saturated rings. The number of carboxylic acid groups (broad SMARTS) is 1. The van der Waals surface area contributed by atoms with Crippen LogP contribution in [0, 0.1) is 0 Å². The van der Waals surface area contributed by atoms with E-state index in [4.69, 9.17) is 0 Å². The van der Waals surface area contributed by atoms with Crippen molar-refractivity contribution in [3.05, 3.63) is 64.1 Å². The molecule has 0 amide bonds. The minimum absolute atomic E-state index is 0.0272. The molecule has 0 aliphatic heterocycles. The highest BCUT2D eigenvalue weighted by atomic mass is 79.9. The van der Waals surface area contributed by atoms with Crippen LogP contribution in [-0.2, 0) is 4.79 Å². The summed E-state index contributed by atoms with van der Waals surface area (Å²) < 4.78 is 0.709. The smallest absolute Gasteiger partial charge is 0.315 e. The van der Waals surface area contributed by atoms with Crippen LogP contribution >= 0.6 is 15.9 Å². The quantitative estimate of drug-likeness (QED) is 0.914. The number of phenolic OH excluding ortho intramolecular Hbond substituents is 1. The van der Waals surface area contributed by atoms with Crippen LogP contribution in [0.3, 0.4) is 0 Å². The Bertz CT molecular complexity index is 567. The largest absolute Gasteiger partial charge is 0.508 e. The second-order valence-corrected chi connectivity index (χ2v) is 4.80. The zero-order chi connectivity index (χ0) is 13.1. The van der Waals surface area contributed by atoms with Crippen LogP contribution in [-0.4, -0.2) is 16.2 Å². The first-order chi connectivity index (χ1) is 8.59. The van der Waals surface area contributed by atoms with E-state index in [9.17, 15) is 15.0 Å². The minimum atomic E-state index is -0.987. The zero-order valence-corrected chi connectivity index (χ0v) is 11.0. The third kappa shape index (κ3) is 2.54. The normalized spacial score (nSPS) is 12.1. The van der Waals surface area contributed by atoms with Gasteiger partial charge in [-0.15, -0.1) is 0 Å². The Kier molecular flexibility index (Phi) is 3.67. The first-order valence-electron chi connectivity index (χ1n) is 5.36. The highest BCUT2D eigenvalue weighted by Crippen LogP contribution is 2.33. The van der Waals surface area contributed by atoms with Gasteiger partial charge >= 0.3 is 5.97 Å². The lowest BCUT2D eigenvalue weighted by Gasteiger charge is -2.14. The molecule has 4 heteroatoms. The Morgan fingerprint density at radius 3 is 2.33 bits per heavy atom. The molecule has 18 heavy (non-hydrogen) atoms. The fraction of sp³-hybridized carbons (Fsp3) is 0.0714. The number of phenols is 1. The Morgan fingerprint density at radius 1 is 1.11 bits per heavy atom. The van der Waals surface area contributed by atoms with Gasteiger partial charge in [0.2, 0.25) is 0 Å². The maximum absolute atomic E-state index is 11.4. The molecular weight excluding hydrogens is 296 g/mol. The van der Waals surface area contributed by atoms with Crippen LogP contribution in [0.4, 0.5) is 0 Å². The lowest BCUT2D eigenvalue weighted by molar-refractivity contribution is -0.137. The predicted octanol–water partition coefficient (Wildman–Crippen LogP) is 3.37. The lowest BCUT2D eigenvalue weighted by atomic mass is 9.91. The second kappa shape index (κ2) is 5.23. The summed E-state index contributed by atoms with van der Waals surface area (Å²) in [6.45, 7) is 0. The number of halogens is 1. The van der Waals surface area contributed by atoms with Gasteiger partial charge in [0.15, 0.2) is 0 Å². The fourth-order valence-electron chi connectivity index (χ4n) is 1.86. The minimum Gasteiger partial charge on any atom is -0.508 e. The van der Waals surface area contributed by atoms with E-state index in [2.05, 4.69) is 15.9 Å². The number of hydrogen-bond acceptors (Lipinski definition) is 2. The molecule has 2 aromatic rings. The standard InChI is InChI=1S/C14H11BrO3/c15-10-6-7-11(12(16)8-10)13(14(17)18)9-4-2-1-3-5-9/h1-8,13,16H,(H,17,18)/t13-/m1/s1. The maximum atomic E-state index is 11.4. The molecule has 0 spiro atoms. The molecule has 0 bridgehead atoms. The van der Waals surface area contributed by atoms with Gasteiger partial charge in [0, 0.05) is 10.0 Å². The molecule has 0 aliphatic carbocycles. The summed E-state index contributed by atoms with van der Waals surface area (Å²) in [6.07, 6.45) is 0. The number of aromatic hydroxyl groups is 1. The Balaban J connectivity index is 2.52. The molecule has 0 radical (unpaired) electrons. The van der Waals surface area contributed by atoms with E-state index in [0.29, 0.717) is 15.6 Å². The van der Waals surface area contributed by atoms with Crippen LogP contribution < -0.4 is 0 Å². The highest BCUT2D eigenvalue weighted by Gasteiger charge is 2.24. The van der Waals surface area contributed by atoms with Crippen molar-refractivity contribution in [3.63, 3.8) is 0 Å².